The molecule has 0 aliphatic carbocycles. The number of furan rings is 1. The molecule has 2 aromatic heterocycles. The van der Waals surface area contributed by atoms with Crippen molar-refractivity contribution >= 4 is 44.2 Å². The average molecular weight is 450 g/mol. The minimum absolute atomic E-state index is 0.0985. The van der Waals surface area contributed by atoms with Gasteiger partial charge in [-0.1, -0.05) is 19.7 Å². The molecule has 1 atom stereocenters. The van der Waals surface area contributed by atoms with Crippen molar-refractivity contribution in [2.75, 3.05) is 31.4 Å². The van der Waals surface area contributed by atoms with Gasteiger partial charge in [0.2, 0.25) is 0 Å². The van der Waals surface area contributed by atoms with Crippen LogP contribution in [0.3, 0.4) is 0 Å². The van der Waals surface area contributed by atoms with Crippen molar-refractivity contribution < 1.29 is 14.3 Å². The molecular formula is C20H28N5O3PS. The molecule has 8 nitrogen and oxygen atoms in total. The van der Waals surface area contributed by atoms with E-state index in [4.69, 9.17) is 4.42 Å². The van der Waals surface area contributed by atoms with E-state index in [2.05, 4.69) is 28.6 Å². The second kappa shape index (κ2) is 10.9. The van der Waals surface area contributed by atoms with E-state index in [1.165, 1.54) is 4.90 Å². The van der Waals surface area contributed by atoms with Gasteiger partial charge in [0.1, 0.15) is 5.76 Å². The maximum absolute atomic E-state index is 12.5. The van der Waals surface area contributed by atoms with Gasteiger partial charge in [0.05, 0.1) is 35.8 Å². The Morgan fingerprint density at radius 1 is 1.27 bits per heavy atom. The summed E-state index contributed by atoms with van der Waals surface area (Å²) in [7, 11) is 5.73. The van der Waals surface area contributed by atoms with E-state index in [9.17, 15) is 9.90 Å². The van der Waals surface area contributed by atoms with Crippen LogP contribution in [0.25, 0.3) is 0 Å². The van der Waals surface area contributed by atoms with Crippen LogP contribution in [-0.2, 0) is 13.0 Å². The van der Waals surface area contributed by atoms with Crippen LogP contribution in [0.2, 0.25) is 0 Å². The van der Waals surface area contributed by atoms with Crippen LogP contribution >= 0.6 is 21.0 Å². The summed E-state index contributed by atoms with van der Waals surface area (Å²) in [6.45, 7) is 6.27. The molecule has 0 saturated carbocycles. The second-order valence-corrected chi connectivity index (χ2v) is 7.11. The zero-order chi connectivity index (χ0) is 22.3. The minimum Gasteiger partial charge on any atom is -0.505 e. The molecule has 162 valence electrons. The summed E-state index contributed by atoms with van der Waals surface area (Å²) < 4.78 is 13.9. The zero-order valence-electron chi connectivity index (χ0n) is 17.8. The van der Waals surface area contributed by atoms with Crippen molar-refractivity contribution in [3.63, 3.8) is 0 Å². The van der Waals surface area contributed by atoms with Crippen LogP contribution in [0.4, 0.5) is 17.3 Å². The van der Waals surface area contributed by atoms with E-state index < -0.39 is 0 Å². The lowest BCUT2D eigenvalue weighted by Gasteiger charge is -2.17. The summed E-state index contributed by atoms with van der Waals surface area (Å²) in [5.74, 6) is 1.44. The maximum atomic E-state index is 12.5. The molecule has 0 bridgehead atoms. The first-order chi connectivity index (χ1) is 14.4. The van der Waals surface area contributed by atoms with Gasteiger partial charge in [-0.15, -0.1) is 9.24 Å². The topological polar surface area (TPSA) is 104 Å². The molecule has 30 heavy (non-hydrogen) atoms. The highest BCUT2D eigenvalue weighted by molar-refractivity contribution is 7.15. The average Bonchev–Trinajstić information content (AvgIpc) is 3.37. The highest BCUT2D eigenvalue weighted by Gasteiger charge is 2.21. The van der Waals surface area contributed by atoms with Crippen LogP contribution in [0, 0.1) is 6.92 Å². The Kier molecular flexibility index (Phi) is 8.62. The summed E-state index contributed by atoms with van der Waals surface area (Å²) >= 11 is 1.04. The summed E-state index contributed by atoms with van der Waals surface area (Å²) in [5, 5.41) is 17.0. The monoisotopic (exact) mass is 449 g/mol. The molecule has 0 radical (unpaired) electrons. The zero-order valence-corrected chi connectivity index (χ0v) is 19.8. The molecule has 10 heteroatoms. The predicted octanol–water partition coefficient (Wildman–Crippen LogP) is 4.26. The Balaban J connectivity index is 0.00000155. The van der Waals surface area contributed by atoms with Crippen molar-refractivity contribution in [2.45, 2.75) is 26.8 Å². The first kappa shape index (κ1) is 23.6. The quantitative estimate of drug-likeness (QED) is 0.366. The standard InChI is InChI=1S/C19H23N5O3S.CH5P/c1-5-12-6-7-14(16(25)15(12)19(26)24(3)4)21-18-17(22-28-23-18)20-9-13-8-11(2)10-27-13;1-2/h6-8,10,25H,5,9H2,1-4H3,(H,20,22)(H,21,23);2H2,1H3. The molecular weight excluding hydrogens is 421 g/mol. The first-order valence-corrected chi connectivity index (χ1v) is 11.3. The lowest BCUT2D eigenvalue weighted by Crippen LogP contribution is -2.23. The number of aromatic nitrogens is 2. The Hall–Kier alpha value is -2.64. The fourth-order valence-corrected chi connectivity index (χ4v) is 3.25. The Morgan fingerprint density at radius 2 is 1.97 bits per heavy atom. The van der Waals surface area contributed by atoms with Gasteiger partial charge in [0.15, 0.2) is 17.4 Å². The van der Waals surface area contributed by atoms with Crippen LogP contribution < -0.4 is 10.6 Å². The van der Waals surface area contributed by atoms with E-state index in [-0.39, 0.29) is 11.7 Å². The number of phenolic OH excluding ortho intramolecular Hbond substituents is 1. The fraction of sp³-hybridized carbons (Fsp3) is 0.350. The number of aryl methyl sites for hydroxylation is 2. The van der Waals surface area contributed by atoms with E-state index in [0.717, 1.165) is 28.6 Å². The summed E-state index contributed by atoms with van der Waals surface area (Å²) in [6.07, 6.45) is 2.32. The molecule has 0 aliphatic rings. The molecule has 1 unspecified atom stereocenters. The number of nitrogens with zero attached hydrogens (tertiary/aromatic N) is 3. The largest absolute Gasteiger partial charge is 0.505 e. The van der Waals surface area contributed by atoms with Gasteiger partial charge >= 0.3 is 0 Å². The Morgan fingerprint density at radius 3 is 2.57 bits per heavy atom. The molecule has 0 aliphatic heterocycles. The van der Waals surface area contributed by atoms with Crippen molar-refractivity contribution in [3.8, 4) is 5.75 Å². The van der Waals surface area contributed by atoms with Gasteiger partial charge in [-0.3, -0.25) is 4.79 Å². The SMILES string of the molecule is CCc1ccc(Nc2nsnc2NCc2cc(C)co2)c(O)c1C(=O)N(C)C.CP. The number of hydrogen-bond donors (Lipinski definition) is 3. The number of phenols is 1. The molecule has 3 aromatic rings. The third kappa shape index (κ3) is 5.49. The van der Waals surface area contributed by atoms with E-state index in [0.29, 0.717) is 35.9 Å². The number of benzene rings is 1. The molecule has 0 spiro atoms. The Labute approximate surface area is 183 Å². The van der Waals surface area contributed by atoms with Crippen LogP contribution in [-0.4, -0.2) is 45.4 Å². The molecule has 1 amide bonds. The van der Waals surface area contributed by atoms with E-state index in [1.54, 1.807) is 26.4 Å². The van der Waals surface area contributed by atoms with Crippen LogP contribution in [0.5, 0.6) is 5.75 Å². The predicted molar refractivity (Wildman–Crippen MR) is 125 cm³/mol. The highest BCUT2D eigenvalue weighted by atomic mass is 32.1. The molecule has 3 rings (SSSR count). The third-order valence-electron chi connectivity index (χ3n) is 4.22. The van der Waals surface area contributed by atoms with Crippen molar-refractivity contribution in [3.05, 3.63) is 46.9 Å². The van der Waals surface area contributed by atoms with Crippen molar-refractivity contribution in [1.82, 2.24) is 13.6 Å². The summed E-state index contributed by atoms with van der Waals surface area (Å²) in [5.41, 5.74) is 2.52. The molecule has 1 aromatic carbocycles. The maximum Gasteiger partial charge on any atom is 0.257 e. The van der Waals surface area contributed by atoms with Crippen molar-refractivity contribution in [1.29, 1.82) is 0 Å². The lowest BCUT2D eigenvalue weighted by molar-refractivity contribution is 0.0823. The van der Waals surface area contributed by atoms with Gasteiger partial charge in [-0.05, 0) is 36.6 Å². The normalized spacial score (nSPS) is 10.2. The fourth-order valence-electron chi connectivity index (χ4n) is 2.76. The molecule has 0 saturated heterocycles. The van der Waals surface area contributed by atoms with Crippen molar-refractivity contribution in [2.24, 2.45) is 0 Å². The van der Waals surface area contributed by atoms with Gasteiger partial charge < -0.3 is 25.1 Å². The summed E-state index contributed by atoms with van der Waals surface area (Å²) in [4.78, 5) is 14.0. The number of rotatable bonds is 7. The smallest absolute Gasteiger partial charge is 0.257 e. The number of amides is 1. The van der Waals surface area contributed by atoms with E-state index in [1.807, 2.05) is 32.6 Å². The Bertz CT molecular complexity index is 987. The number of aromatic hydroxyl groups is 1. The third-order valence-corrected chi connectivity index (χ3v) is 4.75. The van der Waals surface area contributed by atoms with Gasteiger partial charge in [-0.25, -0.2) is 0 Å². The number of nitrogens with one attached hydrogen (secondary N) is 2. The first-order valence-electron chi connectivity index (χ1n) is 9.42. The molecule has 3 N–H and O–H groups in total. The molecule has 2 heterocycles. The summed E-state index contributed by atoms with van der Waals surface area (Å²) in [6, 6.07) is 5.51. The van der Waals surface area contributed by atoms with Gasteiger partial charge in [0, 0.05) is 14.1 Å². The minimum atomic E-state index is -0.249. The number of anilines is 3. The van der Waals surface area contributed by atoms with Crippen LogP contribution in [0.15, 0.2) is 28.9 Å². The second-order valence-electron chi connectivity index (χ2n) is 6.58. The molecule has 0 fully saturated rings. The number of carbonyl (C=O) groups is 1. The van der Waals surface area contributed by atoms with Crippen LogP contribution in [0.1, 0.15) is 34.2 Å². The highest BCUT2D eigenvalue weighted by Crippen LogP contribution is 2.35. The number of carbonyl (C=O) groups excluding carboxylic acids is 1. The van der Waals surface area contributed by atoms with Gasteiger partial charge in [0.25, 0.3) is 5.91 Å². The van der Waals surface area contributed by atoms with Gasteiger partial charge in [-0.2, -0.15) is 8.75 Å². The number of hydrogen-bond acceptors (Lipinski definition) is 8. The van der Waals surface area contributed by atoms with E-state index >= 15 is 0 Å². The lowest BCUT2D eigenvalue weighted by atomic mass is 10.0.